The molecule has 5 aromatic rings. The van der Waals surface area contributed by atoms with E-state index in [4.69, 9.17) is 11.6 Å². The van der Waals surface area contributed by atoms with Crippen LogP contribution in [0.2, 0.25) is 5.02 Å². The molecule has 0 aliphatic heterocycles. The summed E-state index contributed by atoms with van der Waals surface area (Å²) in [5, 5.41) is 27.3. The summed E-state index contributed by atoms with van der Waals surface area (Å²) in [6, 6.07) is 16.5. The minimum Gasteiger partial charge on any atom is -0.858 e. The van der Waals surface area contributed by atoms with Crippen LogP contribution >= 0.6 is 34.7 Å². The van der Waals surface area contributed by atoms with Crippen molar-refractivity contribution in [1.82, 2.24) is 20.0 Å². The Labute approximate surface area is 196 Å². The standard InChI is InChI=1S/C23H17ClN4O2S2/c24-18-3-1-2-4-19(18)32-21-22(29)27-28(23(21)30)20(16-9-10-31-13-16)15-7-5-14(6-8-15)17-11-25-26-12-17/h1-13,20,30H,(H,25,26)(H,27,29)/p-1. The van der Waals surface area contributed by atoms with E-state index in [9.17, 15) is 9.90 Å². The van der Waals surface area contributed by atoms with Gasteiger partial charge in [-0.05, 0) is 45.6 Å². The van der Waals surface area contributed by atoms with Crippen molar-refractivity contribution in [2.24, 2.45) is 0 Å². The van der Waals surface area contributed by atoms with Crippen LogP contribution in [0.1, 0.15) is 17.2 Å². The summed E-state index contributed by atoms with van der Waals surface area (Å²) in [4.78, 5) is 13.5. The lowest BCUT2D eigenvalue weighted by molar-refractivity contribution is -0.284. The number of benzene rings is 2. The molecule has 2 aromatic carbocycles. The van der Waals surface area contributed by atoms with Crippen LogP contribution in [0.25, 0.3) is 11.1 Å². The van der Waals surface area contributed by atoms with E-state index in [1.54, 1.807) is 24.4 Å². The fraction of sp³-hybridized carbons (Fsp3) is 0.0435. The maximum Gasteiger partial charge on any atom is 0.277 e. The molecule has 1 atom stereocenters. The average molecular weight is 480 g/mol. The Morgan fingerprint density at radius 3 is 2.56 bits per heavy atom. The Morgan fingerprint density at radius 1 is 1.06 bits per heavy atom. The molecule has 0 saturated heterocycles. The minimum atomic E-state index is -0.458. The number of nitrogens with one attached hydrogen (secondary N) is 2. The third-order valence-electron chi connectivity index (χ3n) is 5.07. The number of hydrogen-bond acceptors (Lipinski definition) is 5. The molecular formula is C23H16ClN4O2S2-. The van der Waals surface area contributed by atoms with Crippen LogP contribution in [0.3, 0.4) is 0 Å². The SMILES string of the molecule is O=c1[nH]n(C(c2ccc(-c3cn[nH]c3)cc2)c2ccsc2)c([O-])c1Sc1ccccc1Cl. The van der Waals surface area contributed by atoms with Gasteiger partial charge in [0.25, 0.3) is 5.56 Å². The molecule has 160 valence electrons. The van der Waals surface area contributed by atoms with Gasteiger partial charge in [-0.15, -0.1) is 0 Å². The Balaban J connectivity index is 1.57. The summed E-state index contributed by atoms with van der Waals surface area (Å²) >= 11 is 8.85. The predicted molar refractivity (Wildman–Crippen MR) is 126 cm³/mol. The lowest BCUT2D eigenvalue weighted by Crippen LogP contribution is -2.17. The highest BCUT2D eigenvalue weighted by atomic mass is 35.5. The van der Waals surface area contributed by atoms with Crippen molar-refractivity contribution >= 4 is 34.7 Å². The molecule has 5 rings (SSSR count). The maximum absolute atomic E-state index is 13.3. The van der Waals surface area contributed by atoms with E-state index in [1.165, 1.54) is 16.0 Å². The number of hydrogen-bond donors (Lipinski definition) is 2. The molecule has 3 aromatic heterocycles. The van der Waals surface area contributed by atoms with Gasteiger partial charge in [0.1, 0.15) is 0 Å². The summed E-state index contributed by atoms with van der Waals surface area (Å²) < 4.78 is 1.40. The topological polar surface area (TPSA) is 89.5 Å². The Kier molecular flexibility index (Phi) is 5.65. The van der Waals surface area contributed by atoms with Crippen LogP contribution in [0.15, 0.2) is 92.3 Å². The van der Waals surface area contributed by atoms with E-state index >= 15 is 0 Å². The number of nitrogens with zero attached hydrogens (tertiary/aromatic N) is 2. The quantitative estimate of drug-likeness (QED) is 0.352. The molecule has 1 unspecified atom stereocenters. The molecule has 0 radical (unpaired) electrons. The van der Waals surface area contributed by atoms with Crippen LogP contribution in [0, 0.1) is 0 Å². The molecular weight excluding hydrogens is 464 g/mol. The third-order valence-corrected chi connectivity index (χ3v) is 7.35. The number of aromatic nitrogens is 4. The fourth-order valence-corrected chi connectivity index (χ4v) is 5.30. The molecule has 0 fully saturated rings. The Bertz CT molecular complexity index is 1390. The van der Waals surface area contributed by atoms with Crippen molar-refractivity contribution < 1.29 is 5.11 Å². The zero-order valence-electron chi connectivity index (χ0n) is 16.5. The number of rotatable bonds is 6. The number of halogens is 1. The van der Waals surface area contributed by atoms with Crippen molar-refractivity contribution in [3.8, 4) is 17.0 Å². The summed E-state index contributed by atoms with van der Waals surface area (Å²) in [5.74, 6) is -0.380. The number of thiophene rings is 1. The number of H-pyrrole nitrogens is 2. The van der Waals surface area contributed by atoms with Crippen molar-refractivity contribution in [2.75, 3.05) is 0 Å². The average Bonchev–Trinajstić information content (AvgIpc) is 3.56. The lowest BCUT2D eigenvalue weighted by Gasteiger charge is -2.23. The van der Waals surface area contributed by atoms with Gasteiger partial charge in [-0.2, -0.15) is 16.4 Å². The van der Waals surface area contributed by atoms with E-state index in [0.717, 1.165) is 34.0 Å². The molecule has 32 heavy (non-hydrogen) atoms. The van der Waals surface area contributed by atoms with E-state index in [1.807, 2.05) is 53.4 Å². The first-order valence-corrected chi connectivity index (χ1v) is 11.8. The molecule has 0 bridgehead atoms. The third kappa shape index (κ3) is 3.88. The van der Waals surface area contributed by atoms with E-state index in [-0.39, 0.29) is 10.8 Å². The van der Waals surface area contributed by atoms with E-state index in [2.05, 4.69) is 15.3 Å². The molecule has 0 aliphatic rings. The second-order valence-electron chi connectivity index (χ2n) is 7.05. The van der Waals surface area contributed by atoms with Crippen LogP contribution in [0.4, 0.5) is 0 Å². The predicted octanol–water partition coefficient (Wildman–Crippen LogP) is 5.14. The van der Waals surface area contributed by atoms with Crippen molar-refractivity contribution in [1.29, 1.82) is 0 Å². The number of aromatic amines is 2. The monoisotopic (exact) mass is 479 g/mol. The van der Waals surface area contributed by atoms with Crippen LogP contribution in [-0.4, -0.2) is 20.0 Å². The highest BCUT2D eigenvalue weighted by Crippen LogP contribution is 2.38. The normalized spacial score (nSPS) is 12.2. The first-order chi connectivity index (χ1) is 15.6. The van der Waals surface area contributed by atoms with Crippen LogP contribution in [-0.2, 0) is 0 Å². The zero-order valence-corrected chi connectivity index (χ0v) is 18.9. The largest absolute Gasteiger partial charge is 0.858 e. The second kappa shape index (κ2) is 8.74. The molecule has 0 amide bonds. The van der Waals surface area contributed by atoms with Crippen molar-refractivity contribution in [2.45, 2.75) is 15.8 Å². The minimum absolute atomic E-state index is 0.0911. The molecule has 3 heterocycles. The second-order valence-corrected chi connectivity index (χ2v) is 9.29. The van der Waals surface area contributed by atoms with Crippen LogP contribution in [0.5, 0.6) is 5.88 Å². The van der Waals surface area contributed by atoms with Gasteiger partial charge in [-0.1, -0.05) is 59.8 Å². The van der Waals surface area contributed by atoms with Gasteiger partial charge in [0.15, 0.2) is 0 Å². The smallest absolute Gasteiger partial charge is 0.277 e. The van der Waals surface area contributed by atoms with Gasteiger partial charge in [-0.25, -0.2) is 0 Å². The Hall–Kier alpha value is -3.20. The van der Waals surface area contributed by atoms with Gasteiger partial charge >= 0.3 is 0 Å². The first kappa shape index (κ1) is 20.7. The van der Waals surface area contributed by atoms with Gasteiger partial charge in [0.05, 0.1) is 22.2 Å². The molecule has 6 nitrogen and oxygen atoms in total. The first-order valence-electron chi connectivity index (χ1n) is 9.67. The fourth-order valence-electron chi connectivity index (χ4n) is 3.51. The molecule has 9 heteroatoms. The summed E-state index contributed by atoms with van der Waals surface area (Å²) in [7, 11) is 0. The van der Waals surface area contributed by atoms with Gasteiger partial charge in [0, 0.05) is 22.5 Å². The molecule has 0 aliphatic carbocycles. The van der Waals surface area contributed by atoms with E-state index in [0.29, 0.717) is 9.92 Å². The summed E-state index contributed by atoms with van der Waals surface area (Å²) in [6.45, 7) is 0. The molecule has 0 spiro atoms. The lowest BCUT2D eigenvalue weighted by atomic mass is 9.99. The van der Waals surface area contributed by atoms with Gasteiger partial charge < -0.3 is 5.11 Å². The molecule has 0 saturated carbocycles. The van der Waals surface area contributed by atoms with Crippen molar-refractivity contribution in [3.05, 3.63) is 104 Å². The summed E-state index contributed by atoms with van der Waals surface area (Å²) in [6.07, 6.45) is 3.57. The zero-order chi connectivity index (χ0) is 22.1. The van der Waals surface area contributed by atoms with Crippen LogP contribution < -0.4 is 10.7 Å². The maximum atomic E-state index is 13.3. The van der Waals surface area contributed by atoms with Gasteiger partial charge in [-0.3, -0.25) is 19.7 Å². The van der Waals surface area contributed by atoms with E-state index < -0.39 is 11.6 Å². The Morgan fingerprint density at radius 2 is 1.88 bits per heavy atom. The molecule has 2 N–H and O–H groups in total. The van der Waals surface area contributed by atoms with Crippen molar-refractivity contribution in [3.63, 3.8) is 0 Å². The highest BCUT2D eigenvalue weighted by Gasteiger charge is 2.21. The highest BCUT2D eigenvalue weighted by molar-refractivity contribution is 7.99. The summed E-state index contributed by atoms with van der Waals surface area (Å²) in [5.41, 5.74) is 3.35. The van der Waals surface area contributed by atoms with Gasteiger partial charge in [0.2, 0.25) is 0 Å².